The van der Waals surface area contributed by atoms with Crippen molar-refractivity contribution in [2.75, 3.05) is 0 Å². The number of alkyl halides is 3. The SMILES string of the molecule is CCC(CC(=O)O)(NC(=O)OC(C)(C)C)C(F)(F)F. The van der Waals surface area contributed by atoms with Crippen LogP contribution in [0.2, 0.25) is 0 Å². The summed E-state index contributed by atoms with van der Waals surface area (Å²) >= 11 is 0. The Hall–Kier alpha value is -1.47. The summed E-state index contributed by atoms with van der Waals surface area (Å²) in [5.41, 5.74) is -3.81. The van der Waals surface area contributed by atoms with Gasteiger partial charge in [0.1, 0.15) is 11.1 Å². The Kier molecular flexibility index (Phi) is 5.23. The molecule has 1 unspecified atom stereocenters. The molecule has 0 rings (SSSR count). The fraction of sp³-hybridized carbons (Fsp3) is 0.818. The quantitative estimate of drug-likeness (QED) is 0.832. The Morgan fingerprint density at radius 1 is 1.21 bits per heavy atom. The van der Waals surface area contributed by atoms with Crippen LogP contribution in [0.15, 0.2) is 0 Å². The summed E-state index contributed by atoms with van der Waals surface area (Å²) in [5, 5.41) is 10.2. The molecule has 19 heavy (non-hydrogen) atoms. The predicted molar refractivity (Wildman–Crippen MR) is 60.7 cm³/mol. The highest BCUT2D eigenvalue weighted by molar-refractivity contribution is 5.73. The second-order valence-corrected chi connectivity index (χ2v) is 5.13. The number of carboxylic acid groups (broad SMARTS) is 1. The fourth-order valence-corrected chi connectivity index (χ4v) is 1.39. The highest BCUT2D eigenvalue weighted by Crippen LogP contribution is 2.36. The van der Waals surface area contributed by atoms with Crippen molar-refractivity contribution >= 4 is 12.1 Å². The molecule has 0 saturated carbocycles. The van der Waals surface area contributed by atoms with E-state index in [1.165, 1.54) is 20.8 Å². The third-order valence-corrected chi connectivity index (χ3v) is 2.34. The number of carboxylic acids is 1. The van der Waals surface area contributed by atoms with Crippen molar-refractivity contribution in [2.24, 2.45) is 0 Å². The summed E-state index contributed by atoms with van der Waals surface area (Å²) in [5.74, 6) is -1.66. The van der Waals surface area contributed by atoms with E-state index in [1.54, 1.807) is 5.32 Å². The van der Waals surface area contributed by atoms with E-state index < -0.39 is 42.2 Å². The lowest BCUT2D eigenvalue weighted by Gasteiger charge is -2.35. The highest BCUT2D eigenvalue weighted by Gasteiger charge is 2.56. The number of halogens is 3. The number of nitrogens with one attached hydrogen (secondary N) is 1. The average molecular weight is 285 g/mol. The maximum absolute atomic E-state index is 13.0. The van der Waals surface area contributed by atoms with Gasteiger partial charge in [-0.15, -0.1) is 0 Å². The van der Waals surface area contributed by atoms with Crippen molar-refractivity contribution in [1.29, 1.82) is 0 Å². The third-order valence-electron chi connectivity index (χ3n) is 2.34. The zero-order chi connectivity index (χ0) is 15.5. The Morgan fingerprint density at radius 3 is 1.95 bits per heavy atom. The number of ether oxygens (including phenoxy) is 1. The number of aliphatic carboxylic acids is 1. The van der Waals surface area contributed by atoms with Crippen LogP contribution in [0.5, 0.6) is 0 Å². The molecule has 1 atom stereocenters. The number of alkyl carbamates (subject to hydrolysis) is 1. The molecule has 8 heteroatoms. The topological polar surface area (TPSA) is 75.6 Å². The molecule has 0 fully saturated rings. The maximum atomic E-state index is 13.0. The van der Waals surface area contributed by atoms with Crippen molar-refractivity contribution in [1.82, 2.24) is 5.32 Å². The van der Waals surface area contributed by atoms with Crippen LogP contribution < -0.4 is 5.32 Å². The van der Waals surface area contributed by atoms with E-state index in [-0.39, 0.29) is 0 Å². The minimum atomic E-state index is -4.89. The van der Waals surface area contributed by atoms with Crippen LogP contribution in [-0.2, 0) is 9.53 Å². The van der Waals surface area contributed by atoms with Crippen molar-refractivity contribution in [3.05, 3.63) is 0 Å². The summed E-state index contributed by atoms with van der Waals surface area (Å²) in [6.07, 6.45) is -8.06. The van der Waals surface area contributed by atoms with Gasteiger partial charge in [0.15, 0.2) is 0 Å². The second kappa shape index (κ2) is 5.66. The molecule has 5 nitrogen and oxygen atoms in total. The van der Waals surface area contributed by atoms with Crippen LogP contribution in [0, 0.1) is 0 Å². The number of hydrogen-bond acceptors (Lipinski definition) is 3. The van der Waals surface area contributed by atoms with E-state index >= 15 is 0 Å². The molecule has 0 heterocycles. The molecule has 0 aromatic rings. The molecule has 0 aromatic carbocycles. The van der Waals surface area contributed by atoms with Gasteiger partial charge in [0, 0.05) is 0 Å². The number of carbonyl (C=O) groups excluding carboxylic acids is 1. The van der Waals surface area contributed by atoms with Crippen LogP contribution >= 0.6 is 0 Å². The van der Waals surface area contributed by atoms with Crippen LogP contribution in [0.25, 0.3) is 0 Å². The van der Waals surface area contributed by atoms with Crippen LogP contribution in [0.4, 0.5) is 18.0 Å². The minimum absolute atomic E-state index is 0.609. The number of rotatable bonds is 4. The summed E-state index contributed by atoms with van der Waals surface area (Å²) in [6, 6.07) is 0. The first kappa shape index (κ1) is 17.5. The number of hydrogen-bond donors (Lipinski definition) is 2. The van der Waals surface area contributed by atoms with Gasteiger partial charge >= 0.3 is 18.2 Å². The molecule has 2 N–H and O–H groups in total. The van der Waals surface area contributed by atoms with Gasteiger partial charge in [0.2, 0.25) is 0 Å². The summed E-state index contributed by atoms with van der Waals surface area (Å²) in [7, 11) is 0. The molecule has 1 amide bonds. The van der Waals surface area contributed by atoms with Crippen molar-refractivity contribution in [2.45, 2.75) is 57.9 Å². The van der Waals surface area contributed by atoms with Crippen molar-refractivity contribution in [3.63, 3.8) is 0 Å². The molecular formula is C11H18F3NO4. The van der Waals surface area contributed by atoms with Gasteiger partial charge in [-0.2, -0.15) is 13.2 Å². The normalized spacial score (nSPS) is 15.5. The van der Waals surface area contributed by atoms with Crippen LogP contribution in [0.1, 0.15) is 40.5 Å². The largest absolute Gasteiger partial charge is 0.481 e. The van der Waals surface area contributed by atoms with Gasteiger partial charge < -0.3 is 15.2 Å². The van der Waals surface area contributed by atoms with Gasteiger partial charge in [-0.1, -0.05) is 6.92 Å². The summed E-state index contributed by atoms with van der Waals surface area (Å²) in [6.45, 7) is 5.62. The molecule has 0 radical (unpaired) electrons. The lowest BCUT2D eigenvalue weighted by molar-refractivity contribution is -0.202. The molecule has 0 bridgehead atoms. The molecule has 0 aliphatic carbocycles. The van der Waals surface area contributed by atoms with E-state index in [9.17, 15) is 22.8 Å². The van der Waals surface area contributed by atoms with Crippen molar-refractivity contribution in [3.8, 4) is 0 Å². The number of carbonyl (C=O) groups is 2. The molecular weight excluding hydrogens is 267 g/mol. The van der Waals surface area contributed by atoms with E-state index in [4.69, 9.17) is 9.84 Å². The van der Waals surface area contributed by atoms with Crippen LogP contribution in [0.3, 0.4) is 0 Å². The Balaban J connectivity index is 5.16. The van der Waals surface area contributed by atoms with Crippen LogP contribution in [-0.4, -0.2) is 34.5 Å². The molecule has 0 aliphatic rings. The smallest absolute Gasteiger partial charge is 0.412 e. The monoisotopic (exact) mass is 285 g/mol. The lowest BCUT2D eigenvalue weighted by Crippen LogP contribution is -2.60. The van der Waals surface area contributed by atoms with E-state index in [1.807, 2.05) is 0 Å². The number of amides is 1. The average Bonchev–Trinajstić information content (AvgIpc) is 2.10. The highest BCUT2D eigenvalue weighted by atomic mass is 19.4. The van der Waals surface area contributed by atoms with Gasteiger partial charge in [-0.3, -0.25) is 4.79 Å². The first-order chi connectivity index (χ1) is 8.33. The second-order valence-electron chi connectivity index (χ2n) is 5.13. The van der Waals surface area contributed by atoms with E-state index in [0.29, 0.717) is 0 Å². The zero-order valence-electron chi connectivity index (χ0n) is 11.2. The summed E-state index contributed by atoms with van der Waals surface area (Å²) < 4.78 is 43.7. The molecule has 112 valence electrons. The third kappa shape index (κ3) is 5.35. The first-order valence-corrected chi connectivity index (χ1v) is 5.62. The van der Waals surface area contributed by atoms with Gasteiger partial charge in [-0.05, 0) is 27.2 Å². The Morgan fingerprint density at radius 2 is 1.68 bits per heavy atom. The van der Waals surface area contributed by atoms with Gasteiger partial charge in [0.05, 0.1) is 6.42 Å². The summed E-state index contributed by atoms with van der Waals surface area (Å²) in [4.78, 5) is 22.0. The lowest BCUT2D eigenvalue weighted by atomic mass is 9.91. The Bertz CT molecular complexity index is 349. The molecule has 0 spiro atoms. The fourth-order valence-electron chi connectivity index (χ4n) is 1.39. The van der Waals surface area contributed by atoms with Gasteiger partial charge in [0.25, 0.3) is 0 Å². The molecule has 0 aromatic heterocycles. The van der Waals surface area contributed by atoms with E-state index in [0.717, 1.165) is 6.92 Å². The molecule has 0 aliphatic heterocycles. The standard InChI is InChI=1S/C11H18F3NO4/c1-5-10(6-7(16)17,11(12,13)14)15-8(18)19-9(2,3)4/h5-6H2,1-4H3,(H,15,18)(H,16,17). The first-order valence-electron chi connectivity index (χ1n) is 5.62. The minimum Gasteiger partial charge on any atom is -0.481 e. The maximum Gasteiger partial charge on any atom is 0.412 e. The van der Waals surface area contributed by atoms with Crippen molar-refractivity contribution < 1.29 is 32.6 Å². The predicted octanol–water partition coefficient (Wildman–Crippen LogP) is 2.70. The Labute approximate surface area is 109 Å². The van der Waals surface area contributed by atoms with Gasteiger partial charge in [-0.25, -0.2) is 4.79 Å². The molecule has 0 saturated heterocycles. The van der Waals surface area contributed by atoms with E-state index in [2.05, 4.69) is 0 Å². The zero-order valence-corrected chi connectivity index (χ0v) is 11.2.